The average molecular weight is 311 g/mol. The molecule has 1 aromatic carbocycles. The molecule has 23 heavy (non-hydrogen) atoms. The van der Waals surface area contributed by atoms with Crippen LogP contribution in [-0.2, 0) is 13.0 Å². The zero-order chi connectivity index (χ0) is 15.6. The summed E-state index contributed by atoms with van der Waals surface area (Å²) in [5.41, 5.74) is 2.88. The summed E-state index contributed by atoms with van der Waals surface area (Å²) in [6, 6.07) is 9.01. The molecule has 1 aliphatic carbocycles. The van der Waals surface area contributed by atoms with Gasteiger partial charge in [0.25, 0.3) is 0 Å². The molecule has 2 heterocycles. The fourth-order valence-corrected chi connectivity index (χ4v) is 4.16. The maximum Gasteiger partial charge on any atom is 0.233 e. The lowest BCUT2D eigenvalue weighted by Gasteiger charge is -2.38. The van der Waals surface area contributed by atoms with E-state index in [1.54, 1.807) is 0 Å². The van der Waals surface area contributed by atoms with E-state index in [9.17, 15) is 0 Å². The molecule has 1 fully saturated rings. The van der Waals surface area contributed by atoms with Crippen molar-refractivity contribution in [1.29, 1.82) is 0 Å². The molecule has 0 spiro atoms. The van der Waals surface area contributed by atoms with Gasteiger partial charge in [-0.3, -0.25) is 4.90 Å². The van der Waals surface area contributed by atoms with Crippen LogP contribution in [0.1, 0.15) is 61.1 Å². The van der Waals surface area contributed by atoms with Gasteiger partial charge in [-0.1, -0.05) is 43.5 Å². The number of fused-ring (bicyclic) bond motifs is 1. The Morgan fingerprint density at radius 1 is 1.09 bits per heavy atom. The minimum atomic E-state index is 0.230. The highest BCUT2D eigenvalue weighted by atomic mass is 16.4. The molecule has 2 aliphatic rings. The van der Waals surface area contributed by atoms with Crippen LogP contribution in [0.5, 0.6) is 0 Å². The minimum Gasteiger partial charge on any atom is -0.424 e. The van der Waals surface area contributed by atoms with Gasteiger partial charge < -0.3 is 4.42 Å². The van der Waals surface area contributed by atoms with Crippen molar-refractivity contribution in [3.8, 4) is 0 Å². The molecule has 1 saturated carbocycles. The van der Waals surface area contributed by atoms with Crippen LogP contribution in [0.15, 0.2) is 28.7 Å². The van der Waals surface area contributed by atoms with E-state index in [0.717, 1.165) is 31.3 Å². The summed E-state index contributed by atoms with van der Waals surface area (Å²) in [7, 11) is 0. The highest BCUT2D eigenvalue weighted by Crippen LogP contribution is 2.35. The van der Waals surface area contributed by atoms with Crippen LogP contribution in [0, 0.1) is 12.8 Å². The Bertz CT molecular complexity index is 660. The molecular formula is C19H25N3O. The standard InChI is InChI=1S/C19H25N3O/c1-14-20-21-19(23-14)18-11-16-9-5-6-10-17(16)13-22(18)12-15-7-3-2-4-8-15/h5-6,9-10,15,18H,2-4,7-8,11-13H2,1H3. The Morgan fingerprint density at radius 3 is 2.61 bits per heavy atom. The first-order valence-corrected chi connectivity index (χ1v) is 8.90. The van der Waals surface area contributed by atoms with E-state index >= 15 is 0 Å². The number of aryl methyl sites for hydroxylation is 1. The van der Waals surface area contributed by atoms with Crippen LogP contribution in [-0.4, -0.2) is 21.6 Å². The van der Waals surface area contributed by atoms with Crippen molar-refractivity contribution < 1.29 is 4.42 Å². The maximum absolute atomic E-state index is 5.79. The molecule has 0 amide bonds. The van der Waals surface area contributed by atoms with Gasteiger partial charge in [-0.2, -0.15) is 0 Å². The average Bonchev–Trinajstić information content (AvgIpc) is 3.01. The van der Waals surface area contributed by atoms with Crippen molar-refractivity contribution in [2.45, 2.75) is 58.0 Å². The van der Waals surface area contributed by atoms with Crippen LogP contribution in [0.3, 0.4) is 0 Å². The maximum atomic E-state index is 5.79. The molecule has 122 valence electrons. The van der Waals surface area contributed by atoms with Crippen LogP contribution in [0.4, 0.5) is 0 Å². The second-order valence-electron chi connectivity index (χ2n) is 7.08. The van der Waals surface area contributed by atoms with Crippen LogP contribution in [0.2, 0.25) is 0 Å². The molecule has 1 unspecified atom stereocenters. The summed E-state index contributed by atoms with van der Waals surface area (Å²) < 4.78 is 5.79. The highest BCUT2D eigenvalue weighted by Gasteiger charge is 2.32. The number of rotatable bonds is 3. The zero-order valence-corrected chi connectivity index (χ0v) is 13.9. The minimum absolute atomic E-state index is 0.230. The van der Waals surface area contributed by atoms with Gasteiger partial charge in [0.1, 0.15) is 0 Å². The lowest BCUT2D eigenvalue weighted by Crippen LogP contribution is -2.38. The number of aromatic nitrogens is 2. The molecule has 0 saturated heterocycles. The normalized spacial score (nSPS) is 22.9. The summed E-state index contributed by atoms with van der Waals surface area (Å²) in [5.74, 6) is 2.27. The molecule has 4 heteroatoms. The first-order valence-electron chi connectivity index (χ1n) is 8.90. The number of hydrogen-bond acceptors (Lipinski definition) is 4. The van der Waals surface area contributed by atoms with E-state index in [4.69, 9.17) is 4.42 Å². The Balaban J connectivity index is 1.60. The number of benzene rings is 1. The number of nitrogens with zero attached hydrogens (tertiary/aromatic N) is 3. The Labute approximate surface area is 137 Å². The lowest BCUT2D eigenvalue weighted by atomic mass is 9.87. The first-order chi connectivity index (χ1) is 11.3. The van der Waals surface area contributed by atoms with Gasteiger partial charge >= 0.3 is 0 Å². The molecule has 1 aliphatic heterocycles. The van der Waals surface area contributed by atoms with Gasteiger partial charge in [0, 0.05) is 20.0 Å². The monoisotopic (exact) mass is 311 g/mol. The lowest BCUT2D eigenvalue weighted by molar-refractivity contribution is 0.110. The molecule has 0 radical (unpaired) electrons. The SMILES string of the molecule is Cc1nnc(C2Cc3ccccc3CN2CC2CCCCC2)o1. The molecule has 2 aromatic rings. The third kappa shape index (κ3) is 3.18. The Kier molecular flexibility index (Phi) is 4.17. The van der Waals surface area contributed by atoms with Crippen molar-refractivity contribution in [2.75, 3.05) is 6.54 Å². The first kappa shape index (κ1) is 14.9. The third-order valence-electron chi connectivity index (χ3n) is 5.39. The van der Waals surface area contributed by atoms with Crippen molar-refractivity contribution in [3.63, 3.8) is 0 Å². The van der Waals surface area contributed by atoms with Crippen LogP contribution >= 0.6 is 0 Å². The van der Waals surface area contributed by atoms with E-state index in [1.165, 1.54) is 43.2 Å². The molecular weight excluding hydrogens is 286 g/mol. The summed E-state index contributed by atoms with van der Waals surface area (Å²) >= 11 is 0. The van der Waals surface area contributed by atoms with Gasteiger partial charge in [-0.05, 0) is 36.3 Å². The topological polar surface area (TPSA) is 42.2 Å². The summed E-state index contributed by atoms with van der Waals surface area (Å²) in [4.78, 5) is 2.57. The fraction of sp³-hybridized carbons (Fsp3) is 0.579. The molecule has 0 bridgehead atoms. The number of hydrogen-bond donors (Lipinski definition) is 0. The van der Waals surface area contributed by atoms with E-state index in [2.05, 4.69) is 39.4 Å². The summed E-state index contributed by atoms with van der Waals surface area (Å²) in [6.07, 6.45) is 7.90. The zero-order valence-electron chi connectivity index (χ0n) is 13.9. The Hall–Kier alpha value is -1.68. The smallest absolute Gasteiger partial charge is 0.233 e. The predicted molar refractivity (Wildman–Crippen MR) is 88.9 cm³/mol. The summed E-state index contributed by atoms with van der Waals surface area (Å²) in [6.45, 7) is 4.03. The van der Waals surface area contributed by atoms with Gasteiger partial charge in [-0.15, -0.1) is 10.2 Å². The fourth-order valence-electron chi connectivity index (χ4n) is 4.16. The quantitative estimate of drug-likeness (QED) is 0.857. The van der Waals surface area contributed by atoms with Crippen molar-refractivity contribution >= 4 is 0 Å². The Morgan fingerprint density at radius 2 is 1.87 bits per heavy atom. The van der Waals surface area contributed by atoms with Gasteiger partial charge in [0.2, 0.25) is 11.8 Å². The van der Waals surface area contributed by atoms with Gasteiger partial charge in [0.15, 0.2) is 0 Å². The van der Waals surface area contributed by atoms with Gasteiger partial charge in [0.05, 0.1) is 6.04 Å². The predicted octanol–water partition coefficient (Wildman–Crippen LogP) is 4.06. The van der Waals surface area contributed by atoms with Crippen molar-refractivity contribution in [3.05, 3.63) is 47.2 Å². The largest absolute Gasteiger partial charge is 0.424 e. The second kappa shape index (κ2) is 6.44. The second-order valence-corrected chi connectivity index (χ2v) is 7.08. The van der Waals surface area contributed by atoms with Crippen molar-refractivity contribution in [2.24, 2.45) is 5.92 Å². The van der Waals surface area contributed by atoms with Crippen LogP contribution in [0.25, 0.3) is 0 Å². The van der Waals surface area contributed by atoms with E-state index in [1.807, 2.05) is 6.92 Å². The van der Waals surface area contributed by atoms with Gasteiger partial charge in [-0.25, -0.2) is 0 Å². The van der Waals surface area contributed by atoms with E-state index < -0.39 is 0 Å². The molecule has 4 nitrogen and oxygen atoms in total. The van der Waals surface area contributed by atoms with E-state index in [-0.39, 0.29) is 6.04 Å². The third-order valence-corrected chi connectivity index (χ3v) is 5.39. The molecule has 0 N–H and O–H groups in total. The highest BCUT2D eigenvalue weighted by molar-refractivity contribution is 5.30. The molecule has 4 rings (SSSR count). The van der Waals surface area contributed by atoms with Crippen molar-refractivity contribution in [1.82, 2.24) is 15.1 Å². The molecule has 1 aromatic heterocycles. The molecule has 1 atom stereocenters. The van der Waals surface area contributed by atoms with E-state index in [0.29, 0.717) is 5.89 Å². The summed E-state index contributed by atoms with van der Waals surface area (Å²) in [5, 5.41) is 8.38. The van der Waals surface area contributed by atoms with Crippen LogP contribution < -0.4 is 0 Å².